The molecule has 1 fully saturated rings. The average Bonchev–Trinajstić information content (AvgIpc) is 2.97. The first-order valence-electron chi connectivity index (χ1n) is 12.5. The van der Waals surface area contributed by atoms with E-state index in [1.165, 1.54) is 22.9 Å². The number of hydrogen-bond donors (Lipinski definition) is 2. The van der Waals surface area contributed by atoms with Gasteiger partial charge in [-0.1, -0.05) is 55.1 Å². The monoisotopic (exact) mass is 539 g/mol. The molecule has 7 nitrogen and oxygen atoms in total. The third kappa shape index (κ3) is 4.69. The van der Waals surface area contributed by atoms with E-state index in [1.54, 1.807) is 25.2 Å². The van der Waals surface area contributed by atoms with Gasteiger partial charge in [-0.2, -0.15) is 4.31 Å². The highest BCUT2D eigenvalue weighted by atomic mass is 35.5. The average molecular weight is 540 g/mol. The Morgan fingerprint density at radius 2 is 1.73 bits per heavy atom. The summed E-state index contributed by atoms with van der Waals surface area (Å²) in [7, 11) is -2.21. The van der Waals surface area contributed by atoms with E-state index < -0.39 is 16.0 Å². The minimum atomic E-state index is -3.89. The van der Waals surface area contributed by atoms with Crippen LogP contribution in [0.4, 0.5) is 17.1 Å². The molecule has 194 valence electrons. The van der Waals surface area contributed by atoms with Gasteiger partial charge in [-0.15, -0.1) is 0 Å². The Hall–Kier alpha value is -3.07. The number of likely N-dealkylation sites (N-methyl/N-ethyl adjacent to an activating group) is 1. The van der Waals surface area contributed by atoms with E-state index >= 15 is 0 Å². The molecule has 0 unspecified atom stereocenters. The van der Waals surface area contributed by atoms with Crippen molar-refractivity contribution in [1.29, 1.82) is 0 Å². The number of halogens is 1. The highest BCUT2D eigenvalue weighted by Crippen LogP contribution is 2.44. The molecule has 37 heavy (non-hydrogen) atoms. The predicted octanol–water partition coefficient (Wildman–Crippen LogP) is 6.01. The molecule has 2 aliphatic rings. The molecule has 3 aromatic rings. The second kappa shape index (κ2) is 10.0. The van der Waals surface area contributed by atoms with Crippen LogP contribution in [-0.2, 0) is 10.0 Å². The molecule has 0 amide bonds. The van der Waals surface area contributed by atoms with E-state index in [2.05, 4.69) is 4.90 Å². The zero-order valence-electron chi connectivity index (χ0n) is 20.6. The summed E-state index contributed by atoms with van der Waals surface area (Å²) in [4.78, 5) is 13.9. The van der Waals surface area contributed by atoms with Crippen molar-refractivity contribution in [3.63, 3.8) is 0 Å². The Balaban J connectivity index is 1.71. The number of fused-ring (bicyclic) bond motifs is 1. The number of anilines is 3. The second-order valence-electron chi connectivity index (χ2n) is 9.84. The van der Waals surface area contributed by atoms with Gasteiger partial charge in [0.15, 0.2) is 0 Å². The maximum Gasteiger partial charge on any atom is 0.337 e. The zero-order valence-corrected chi connectivity index (χ0v) is 22.2. The zero-order chi connectivity index (χ0) is 26.3. The lowest BCUT2D eigenvalue weighted by Crippen LogP contribution is -2.46. The molecule has 1 aliphatic heterocycles. The van der Waals surface area contributed by atoms with Crippen LogP contribution >= 0.6 is 11.6 Å². The van der Waals surface area contributed by atoms with Gasteiger partial charge in [-0.25, -0.2) is 13.2 Å². The molecular formula is C28H30ClN3O4S. The smallest absolute Gasteiger partial charge is 0.337 e. The standard InChI is InChI=1S/C28H30ClN3O4S/c1-31-26(18-8-4-2-5-9-18)17-32(20-10-6-3-7-11-20)25-16-23(29)21(15-27(25)37(31,35)36)19-12-13-24(30)22(14-19)28(33)34/h3,6-7,10-16,18,26H,2,4-5,8-9,17,30H2,1H3,(H,33,34)/t26-/m0/s1. The topological polar surface area (TPSA) is 104 Å². The highest BCUT2D eigenvalue weighted by molar-refractivity contribution is 7.89. The van der Waals surface area contributed by atoms with Crippen molar-refractivity contribution in [3.05, 3.63) is 71.2 Å². The van der Waals surface area contributed by atoms with E-state index in [1.807, 2.05) is 30.3 Å². The molecule has 3 N–H and O–H groups in total. The van der Waals surface area contributed by atoms with Crippen LogP contribution in [0.5, 0.6) is 0 Å². The molecule has 1 heterocycles. The van der Waals surface area contributed by atoms with Crippen LogP contribution in [0.15, 0.2) is 65.6 Å². The number of hydrogen-bond acceptors (Lipinski definition) is 5. The van der Waals surface area contributed by atoms with Gasteiger partial charge in [0.2, 0.25) is 10.0 Å². The van der Waals surface area contributed by atoms with E-state index in [-0.39, 0.29) is 28.1 Å². The van der Waals surface area contributed by atoms with Crippen LogP contribution in [0.1, 0.15) is 42.5 Å². The van der Waals surface area contributed by atoms with Crippen LogP contribution in [-0.4, -0.2) is 43.4 Å². The van der Waals surface area contributed by atoms with Crippen molar-refractivity contribution in [1.82, 2.24) is 4.31 Å². The number of benzene rings is 3. The summed E-state index contributed by atoms with van der Waals surface area (Å²) < 4.78 is 29.8. The molecule has 0 aromatic heterocycles. The van der Waals surface area contributed by atoms with Crippen molar-refractivity contribution >= 4 is 44.7 Å². The summed E-state index contributed by atoms with van der Waals surface area (Å²) in [5.41, 5.74) is 8.23. The van der Waals surface area contributed by atoms with Gasteiger partial charge in [-0.3, -0.25) is 0 Å². The predicted molar refractivity (Wildman–Crippen MR) is 147 cm³/mol. The third-order valence-corrected chi connectivity index (χ3v) is 9.91. The quantitative estimate of drug-likeness (QED) is 0.393. The molecule has 1 saturated carbocycles. The number of nitrogens with zero attached hydrogens (tertiary/aromatic N) is 2. The fraction of sp³-hybridized carbons (Fsp3) is 0.321. The minimum Gasteiger partial charge on any atom is -0.478 e. The van der Waals surface area contributed by atoms with E-state index in [0.29, 0.717) is 28.4 Å². The van der Waals surface area contributed by atoms with E-state index in [9.17, 15) is 18.3 Å². The van der Waals surface area contributed by atoms with Crippen molar-refractivity contribution in [2.45, 2.75) is 43.0 Å². The molecular weight excluding hydrogens is 510 g/mol. The van der Waals surface area contributed by atoms with Gasteiger partial charge in [-0.05, 0) is 60.7 Å². The number of carboxylic acids is 1. The Morgan fingerprint density at radius 1 is 1.03 bits per heavy atom. The van der Waals surface area contributed by atoms with E-state index in [4.69, 9.17) is 17.3 Å². The summed E-state index contributed by atoms with van der Waals surface area (Å²) in [5, 5.41) is 9.87. The SMILES string of the molecule is CN1[C@H](C2CCCCC2)CN(c2ccccc2)c2cc(Cl)c(-c3ccc(N)c(C(=O)O)c3)cc2S1(=O)=O. The molecule has 9 heteroatoms. The Morgan fingerprint density at radius 3 is 2.41 bits per heavy atom. The number of carbonyl (C=O) groups is 1. The number of sulfonamides is 1. The first-order chi connectivity index (χ1) is 17.7. The molecule has 0 spiro atoms. The Kier molecular flexibility index (Phi) is 6.91. The van der Waals surface area contributed by atoms with Crippen LogP contribution in [0.2, 0.25) is 5.02 Å². The molecule has 0 radical (unpaired) electrons. The Bertz CT molecular complexity index is 1440. The maximum absolute atomic E-state index is 14.1. The lowest BCUT2D eigenvalue weighted by molar-refractivity contribution is 0.0698. The normalized spacial score (nSPS) is 20.3. The third-order valence-electron chi connectivity index (χ3n) is 7.69. The van der Waals surface area contributed by atoms with Crippen LogP contribution < -0.4 is 10.6 Å². The summed E-state index contributed by atoms with van der Waals surface area (Å²) in [6.45, 7) is 0.512. The summed E-state index contributed by atoms with van der Waals surface area (Å²) >= 11 is 6.77. The van der Waals surface area contributed by atoms with Gasteiger partial charge < -0.3 is 15.7 Å². The van der Waals surface area contributed by atoms with Crippen molar-refractivity contribution in [3.8, 4) is 11.1 Å². The van der Waals surface area contributed by atoms with Crippen LogP contribution in [0.3, 0.4) is 0 Å². The first-order valence-corrected chi connectivity index (χ1v) is 14.3. The van der Waals surface area contributed by atoms with Crippen molar-refractivity contribution < 1.29 is 18.3 Å². The fourth-order valence-corrected chi connectivity index (χ4v) is 7.51. The number of nitrogens with two attached hydrogens (primary N) is 1. The summed E-state index contributed by atoms with van der Waals surface area (Å²) in [5.74, 6) is -0.901. The summed E-state index contributed by atoms with van der Waals surface area (Å²) in [6.07, 6.45) is 5.39. The Labute approximate surface area is 222 Å². The highest BCUT2D eigenvalue weighted by Gasteiger charge is 2.41. The number of rotatable bonds is 4. The fourth-order valence-electron chi connectivity index (χ4n) is 5.64. The number of aromatic carboxylic acids is 1. The van der Waals surface area contributed by atoms with Gasteiger partial charge in [0.1, 0.15) is 4.90 Å². The van der Waals surface area contributed by atoms with Crippen molar-refractivity contribution in [2.24, 2.45) is 5.92 Å². The molecule has 0 saturated heterocycles. The largest absolute Gasteiger partial charge is 0.478 e. The van der Waals surface area contributed by atoms with Gasteiger partial charge >= 0.3 is 5.97 Å². The van der Waals surface area contributed by atoms with Crippen LogP contribution in [0.25, 0.3) is 11.1 Å². The molecule has 1 atom stereocenters. The van der Waals surface area contributed by atoms with E-state index in [0.717, 1.165) is 31.4 Å². The second-order valence-corrected chi connectivity index (χ2v) is 12.2. The lowest BCUT2D eigenvalue weighted by Gasteiger charge is -2.36. The first kappa shape index (κ1) is 25.6. The lowest BCUT2D eigenvalue weighted by atomic mass is 9.83. The molecule has 0 bridgehead atoms. The van der Waals surface area contributed by atoms with Gasteiger partial charge in [0, 0.05) is 36.6 Å². The molecule has 1 aliphatic carbocycles. The summed E-state index contributed by atoms with van der Waals surface area (Å²) in [6, 6.07) is 17.4. The van der Waals surface area contributed by atoms with Gasteiger partial charge in [0.05, 0.1) is 16.3 Å². The molecule has 3 aromatic carbocycles. The van der Waals surface area contributed by atoms with Gasteiger partial charge in [0.25, 0.3) is 0 Å². The van der Waals surface area contributed by atoms with Crippen molar-refractivity contribution in [2.75, 3.05) is 24.2 Å². The maximum atomic E-state index is 14.1. The minimum absolute atomic E-state index is 0.0632. The number of carboxylic acid groups (broad SMARTS) is 1. The van der Waals surface area contributed by atoms with Crippen LogP contribution in [0, 0.1) is 5.92 Å². The number of nitrogen functional groups attached to an aromatic ring is 1. The molecule has 5 rings (SSSR count). The number of para-hydroxylation sites is 1.